The van der Waals surface area contributed by atoms with Gasteiger partial charge in [0.15, 0.2) is 11.0 Å². The van der Waals surface area contributed by atoms with E-state index in [2.05, 4.69) is 10.2 Å². The number of aromatic nitrogens is 3. The minimum absolute atomic E-state index is 0.110. The maximum Gasteiger partial charge on any atom is 0.318 e. The summed E-state index contributed by atoms with van der Waals surface area (Å²) in [6.07, 6.45) is 0. The van der Waals surface area contributed by atoms with E-state index in [1.807, 2.05) is 37.4 Å². The first kappa shape index (κ1) is 24.4. The first-order valence-electron chi connectivity index (χ1n) is 9.79. The smallest absolute Gasteiger partial charge is 0.318 e. The van der Waals surface area contributed by atoms with Gasteiger partial charge in [-0.05, 0) is 37.1 Å². The van der Waals surface area contributed by atoms with Crippen LogP contribution in [0.1, 0.15) is 11.1 Å². The number of rotatable bonds is 7. The lowest BCUT2D eigenvalue weighted by Crippen LogP contribution is -2.36. The molecule has 0 aliphatic heterocycles. The standard InChI is InChI=1S/C21H24N6O4S2/c1-13-7-5-8-14(2)18(13)27-19(24-25-21(27)32-12-17(28)23-20(22)29)15-9-6-10-16(11-15)33(30,31)26(3)4/h5-11H,12H2,1-4H3,(H3,22,23,28,29). The molecule has 1 aromatic heterocycles. The van der Waals surface area contributed by atoms with Gasteiger partial charge in [0.1, 0.15) is 0 Å². The van der Waals surface area contributed by atoms with Gasteiger partial charge in [-0.2, -0.15) is 0 Å². The van der Waals surface area contributed by atoms with Crippen LogP contribution in [0.4, 0.5) is 4.79 Å². The molecule has 1 heterocycles. The van der Waals surface area contributed by atoms with Gasteiger partial charge in [0.05, 0.1) is 16.3 Å². The average Bonchev–Trinajstić information content (AvgIpc) is 3.15. The highest BCUT2D eigenvalue weighted by molar-refractivity contribution is 7.99. The molecule has 0 saturated heterocycles. The monoisotopic (exact) mass is 488 g/mol. The van der Waals surface area contributed by atoms with Gasteiger partial charge in [-0.3, -0.25) is 14.7 Å². The number of carbonyl (C=O) groups excluding carboxylic acids is 2. The van der Waals surface area contributed by atoms with Gasteiger partial charge in [-0.1, -0.05) is 42.1 Å². The third kappa shape index (κ3) is 5.24. The number of nitrogens with one attached hydrogen (secondary N) is 1. The second-order valence-corrected chi connectivity index (χ2v) is 10.5. The number of carbonyl (C=O) groups is 2. The minimum Gasteiger partial charge on any atom is -0.351 e. The number of aryl methyl sites for hydroxylation is 2. The summed E-state index contributed by atoms with van der Waals surface area (Å²) in [6.45, 7) is 3.88. The van der Waals surface area contributed by atoms with Crippen molar-refractivity contribution in [3.63, 3.8) is 0 Å². The molecule has 0 unspecified atom stereocenters. The molecule has 3 rings (SSSR count). The lowest BCUT2D eigenvalue weighted by Gasteiger charge is -2.16. The van der Waals surface area contributed by atoms with Crippen LogP contribution in [0.15, 0.2) is 52.5 Å². The number of primary amides is 1. The summed E-state index contributed by atoms with van der Waals surface area (Å²) in [4.78, 5) is 23.0. The second kappa shape index (κ2) is 9.73. The van der Waals surface area contributed by atoms with Crippen molar-refractivity contribution in [1.82, 2.24) is 24.4 Å². The van der Waals surface area contributed by atoms with Crippen molar-refractivity contribution in [3.05, 3.63) is 53.6 Å². The maximum atomic E-state index is 12.6. The Morgan fingerprint density at radius 2 is 1.73 bits per heavy atom. The first-order chi connectivity index (χ1) is 15.5. The van der Waals surface area contributed by atoms with Crippen LogP contribution in [0.3, 0.4) is 0 Å². The van der Waals surface area contributed by atoms with Crippen LogP contribution in [0.5, 0.6) is 0 Å². The van der Waals surface area contributed by atoms with Crippen LogP contribution in [-0.2, 0) is 14.8 Å². The SMILES string of the molecule is Cc1cccc(C)c1-n1c(SCC(=O)NC(N)=O)nnc1-c1cccc(S(=O)(=O)N(C)C)c1. The normalized spacial score (nSPS) is 11.5. The summed E-state index contributed by atoms with van der Waals surface area (Å²) < 4.78 is 28.2. The fraction of sp³-hybridized carbons (Fsp3) is 0.238. The Labute approximate surface area is 196 Å². The van der Waals surface area contributed by atoms with E-state index >= 15 is 0 Å². The number of benzene rings is 2. The van der Waals surface area contributed by atoms with Crippen molar-refractivity contribution in [2.24, 2.45) is 5.73 Å². The quantitative estimate of drug-likeness (QED) is 0.485. The number of hydrogen-bond donors (Lipinski definition) is 2. The molecule has 10 nitrogen and oxygen atoms in total. The van der Waals surface area contributed by atoms with E-state index in [9.17, 15) is 18.0 Å². The van der Waals surface area contributed by atoms with Gasteiger partial charge in [0.25, 0.3) is 0 Å². The maximum absolute atomic E-state index is 12.6. The minimum atomic E-state index is -3.65. The van der Waals surface area contributed by atoms with Crippen LogP contribution in [0.25, 0.3) is 17.1 Å². The topological polar surface area (TPSA) is 140 Å². The van der Waals surface area contributed by atoms with Gasteiger partial charge in [-0.15, -0.1) is 10.2 Å². The van der Waals surface area contributed by atoms with Gasteiger partial charge < -0.3 is 5.73 Å². The van der Waals surface area contributed by atoms with E-state index in [0.717, 1.165) is 32.9 Å². The number of thioether (sulfide) groups is 1. The lowest BCUT2D eigenvalue weighted by atomic mass is 10.1. The molecular weight excluding hydrogens is 464 g/mol. The average molecular weight is 489 g/mol. The van der Waals surface area contributed by atoms with Crippen LogP contribution in [0, 0.1) is 13.8 Å². The van der Waals surface area contributed by atoms with E-state index in [1.54, 1.807) is 16.7 Å². The highest BCUT2D eigenvalue weighted by Gasteiger charge is 2.23. The van der Waals surface area contributed by atoms with Gasteiger partial charge in [0.2, 0.25) is 15.9 Å². The van der Waals surface area contributed by atoms with E-state index in [-0.39, 0.29) is 10.6 Å². The Kier molecular flexibility index (Phi) is 7.20. The van der Waals surface area contributed by atoms with Gasteiger partial charge >= 0.3 is 6.03 Å². The van der Waals surface area contributed by atoms with Gasteiger partial charge in [0, 0.05) is 19.7 Å². The molecule has 3 N–H and O–H groups in total. The Morgan fingerprint density at radius 3 is 2.33 bits per heavy atom. The van der Waals surface area contributed by atoms with Crippen LogP contribution in [0.2, 0.25) is 0 Å². The predicted molar refractivity (Wildman–Crippen MR) is 126 cm³/mol. The third-order valence-electron chi connectivity index (χ3n) is 4.76. The summed E-state index contributed by atoms with van der Waals surface area (Å²) in [5, 5.41) is 11.0. The number of nitrogens with zero attached hydrogens (tertiary/aromatic N) is 4. The zero-order valence-electron chi connectivity index (χ0n) is 18.6. The highest BCUT2D eigenvalue weighted by Crippen LogP contribution is 2.32. The third-order valence-corrected chi connectivity index (χ3v) is 7.50. The van der Waals surface area contributed by atoms with Crippen molar-refractivity contribution in [2.45, 2.75) is 23.9 Å². The fourth-order valence-electron chi connectivity index (χ4n) is 3.22. The Bertz CT molecular complexity index is 1300. The number of imide groups is 1. The summed E-state index contributed by atoms with van der Waals surface area (Å²) >= 11 is 1.08. The largest absolute Gasteiger partial charge is 0.351 e. The summed E-state index contributed by atoms with van der Waals surface area (Å²) in [5.74, 6) is -0.258. The summed E-state index contributed by atoms with van der Waals surface area (Å²) in [6, 6.07) is 11.3. The number of amides is 3. The van der Waals surface area contributed by atoms with Crippen LogP contribution < -0.4 is 11.1 Å². The van der Waals surface area contributed by atoms with Crippen molar-refractivity contribution in [1.29, 1.82) is 0 Å². The number of para-hydroxylation sites is 1. The molecule has 0 aliphatic carbocycles. The Balaban J connectivity index is 2.15. The van der Waals surface area contributed by atoms with Crippen molar-refractivity contribution >= 4 is 33.7 Å². The molecule has 0 spiro atoms. The zero-order chi connectivity index (χ0) is 24.3. The van der Waals surface area contributed by atoms with E-state index in [0.29, 0.717) is 16.5 Å². The molecule has 3 aromatic rings. The molecule has 2 aromatic carbocycles. The molecule has 3 amide bonds. The molecule has 33 heavy (non-hydrogen) atoms. The molecule has 0 atom stereocenters. The molecule has 0 bridgehead atoms. The molecule has 0 aliphatic rings. The number of urea groups is 1. The molecule has 0 radical (unpaired) electrons. The Hall–Kier alpha value is -3.22. The van der Waals surface area contributed by atoms with Crippen molar-refractivity contribution in [3.8, 4) is 17.1 Å². The molecule has 0 fully saturated rings. The molecule has 12 heteroatoms. The van der Waals surface area contributed by atoms with E-state index < -0.39 is 22.0 Å². The van der Waals surface area contributed by atoms with Crippen molar-refractivity contribution in [2.75, 3.05) is 19.8 Å². The number of hydrogen-bond acceptors (Lipinski definition) is 7. The molecule has 0 saturated carbocycles. The number of sulfonamides is 1. The number of nitrogens with two attached hydrogens (primary N) is 1. The van der Waals surface area contributed by atoms with Gasteiger partial charge in [-0.25, -0.2) is 17.5 Å². The fourth-order valence-corrected chi connectivity index (χ4v) is 4.91. The predicted octanol–water partition coefficient (Wildman–Crippen LogP) is 2.09. The zero-order valence-corrected chi connectivity index (χ0v) is 20.2. The van der Waals surface area contributed by atoms with Crippen molar-refractivity contribution < 1.29 is 18.0 Å². The lowest BCUT2D eigenvalue weighted by molar-refractivity contribution is -0.117. The second-order valence-electron chi connectivity index (χ2n) is 7.40. The highest BCUT2D eigenvalue weighted by atomic mass is 32.2. The molecular formula is C21H24N6O4S2. The van der Waals surface area contributed by atoms with Crippen LogP contribution in [-0.4, -0.2) is 59.3 Å². The molecule has 174 valence electrons. The summed E-state index contributed by atoms with van der Waals surface area (Å²) in [7, 11) is -0.723. The van der Waals surface area contributed by atoms with E-state index in [1.165, 1.54) is 26.2 Å². The van der Waals surface area contributed by atoms with E-state index in [4.69, 9.17) is 5.73 Å². The van der Waals surface area contributed by atoms with Crippen LogP contribution >= 0.6 is 11.8 Å². The Morgan fingerprint density at radius 1 is 1.09 bits per heavy atom. The first-order valence-corrected chi connectivity index (χ1v) is 12.2. The summed E-state index contributed by atoms with van der Waals surface area (Å²) in [5.41, 5.74) is 8.25.